The van der Waals surface area contributed by atoms with Crippen molar-refractivity contribution in [2.24, 2.45) is 0 Å². The van der Waals surface area contributed by atoms with Crippen LogP contribution in [-0.2, 0) is 9.47 Å². The molecule has 0 aromatic carbocycles. The first-order valence-electron chi connectivity index (χ1n) is 4.66. The zero-order chi connectivity index (χ0) is 8.97. The summed E-state index contributed by atoms with van der Waals surface area (Å²) >= 11 is 0. The summed E-state index contributed by atoms with van der Waals surface area (Å²) in [6.07, 6.45) is 6.60. The van der Waals surface area contributed by atoms with Crippen LogP contribution in [0.1, 0.15) is 33.6 Å². The molecule has 0 bridgehead atoms. The molecule has 70 valence electrons. The third kappa shape index (κ3) is 2.95. The van der Waals surface area contributed by atoms with E-state index in [1.165, 1.54) is 0 Å². The van der Waals surface area contributed by atoms with E-state index in [4.69, 9.17) is 9.47 Å². The molecule has 1 aliphatic heterocycles. The van der Waals surface area contributed by atoms with Gasteiger partial charge in [-0.25, -0.2) is 0 Å². The van der Waals surface area contributed by atoms with Gasteiger partial charge in [-0.15, -0.1) is 0 Å². The van der Waals surface area contributed by atoms with Crippen molar-refractivity contribution in [3.8, 4) is 0 Å². The SMILES string of the molecule is CC=CC1OC(C)CC[C@H](C)O1. The summed E-state index contributed by atoms with van der Waals surface area (Å²) in [6.45, 7) is 6.17. The van der Waals surface area contributed by atoms with Crippen LogP contribution in [0.3, 0.4) is 0 Å². The maximum absolute atomic E-state index is 5.61. The second kappa shape index (κ2) is 4.63. The van der Waals surface area contributed by atoms with Crippen LogP contribution in [0.15, 0.2) is 12.2 Å². The first-order chi connectivity index (χ1) is 5.72. The minimum Gasteiger partial charge on any atom is -0.346 e. The van der Waals surface area contributed by atoms with Gasteiger partial charge in [0.05, 0.1) is 12.2 Å². The van der Waals surface area contributed by atoms with Crippen molar-refractivity contribution < 1.29 is 9.47 Å². The monoisotopic (exact) mass is 170 g/mol. The van der Waals surface area contributed by atoms with E-state index >= 15 is 0 Å². The maximum atomic E-state index is 5.61. The van der Waals surface area contributed by atoms with Crippen molar-refractivity contribution in [1.29, 1.82) is 0 Å². The standard InChI is InChI=1S/C10H18O2/c1-4-5-10-11-8(2)6-7-9(3)12-10/h4-5,8-10H,6-7H2,1-3H3/t8-,9?,10?/m0/s1. The van der Waals surface area contributed by atoms with E-state index in [0.29, 0.717) is 12.2 Å². The molecule has 0 aromatic heterocycles. The van der Waals surface area contributed by atoms with Crippen LogP contribution in [-0.4, -0.2) is 18.5 Å². The Labute approximate surface area is 74.6 Å². The summed E-state index contributed by atoms with van der Waals surface area (Å²) in [4.78, 5) is 0. The Morgan fingerprint density at radius 2 is 1.58 bits per heavy atom. The first kappa shape index (κ1) is 9.75. The molecule has 3 atom stereocenters. The van der Waals surface area contributed by atoms with E-state index < -0.39 is 0 Å². The van der Waals surface area contributed by atoms with Crippen LogP contribution in [0.4, 0.5) is 0 Å². The molecule has 2 heteroatoms. The van der Waals surface area contributed by atoms with Gasteiger partial charge in [0.2, 0.25) is 0 Å². The van der Waals surface area contributed by atoms with Crippen LogP contribution < -0.4 is 0 Å². The molecule has 1 rings (SSSR count). The molecule has 0 amide bonds. The highest BCUT2D eigenvalue weighted by Gasteiger charge is 2.19. The molecule has 0 N–H and O–H groups in total. The molecule has 2 unspecified atom stereocenters. The average molecular weight is 170 g/mol. The minimum absolute atomic E-state index is 0.137. The van der Waals surface area contributed by atoms with Gasteiger partial charge in [0.1, 0.15) is 0 Å². The highest BCUT2D eigenvalue weighted by molar-refractivity contribution is 4.83. The second-order valence-corrected chi connectivity index (χ2v) is 3.36. The number of allylic oxidation sites excluding steroid dienone is 1. The highest BCUT2D eigenvalue weighted by Crippen LogP contribution is 2.17. The lowest BCUT2D eigenvalue weighted by molar-refractivity contribution is -0.138. The molecule has 1 heterocycles. The van der Waals surface area contributed by atoms with Gasteiger partial charge < -0.3 is 9.47 Å². The van der Waals surface area contributed by atoms with E-state index in [-0.39, 0.29) is 6.29 Å². The molecule has 12 heavy (non-hydrogen) atoms. The molecular weight excluding hydrogens is 152 g/mol. The summed E-state index contributed by atoms with van der Waals surface area (Å²) in [5.41, 5.74) is 0. The van der Waals surface area contributed by atoms with Crippen molar-refractivity contribution in [3.63, 3.8) is 0 Å². The van der Waals surface area contributed by atoms with Crippen molar-refractivity contribution in [2.45, 2.75) is 52.1 Å². The molecule has 0 spiro atoms. The molecule has 1 aliphatic rings. The van der Waals surface area contributed by atoms with Gasteiger partial charge in [-0.3, -0.25) is 0 Å². The molecule has 0 radical (unpaired) electrons. The summed E-state index contributed by atoms with van der Waals surface area (Å²) in [7, 11) is 0. The average Bonchev–Trinajstić information content (AvgIpc) is 2.14. The Morgan fingerprint density at radius 1 is 1.08 bits per heavy atom. The van der Waals surface area contributed by atoms with Crippen LogP contribution in [0, 0.1) is 0 Å². The number of rotatable bonds is 1. The summed E-state index contributed by atoms with van der Waals surface area (Å²) in [5.74, 6) is 0. The fraction of sp³-hybridized carbons (Fsp3) is 0.800. The normalized spacial score (nSPS) is 38.4. The van der Waals surface area contributed by atoms with Crippen molar-refractivity contribution in [3.05, 3.63) is 12.2 Å². The van der Waals surface area contributed by atoms with E-state index in [2.05, 4.69) is 13.8 Å². The lowest BCUT2D eigenvalue weighted by Crippen LogP contribution is -2.19. The van der Waals surface area contributed by atoms with E-state index in [9.17, 15) is 0 Å². The lowest BCUT2D eigenvalue weighted by atomic mass is 10.1. The number of hydrogen-bond acceptors (Lipinski definition) is 2. The third-order valence-corrected chi connectivity index (χ3v) is 2.06. The Bertz CT molecular complexity index is 142. The third-order valence-electron chi connectivity index (χ3n) is 2.06. The van der Waals surface area contributed by atoms with E-state index in [1.54, 1.807) is 0 Å². The van der Waals surface area contributed by atoms with Gasteiger partial charge in [0.15, 0.2) is 6.29 Å². The molecule has 0 saturated carbocycles. The topological polar surface area (TPSA) is 18.5 Å². The van der Waals surface area contributed by atoms with Gasteiger partial charge in [-0.2, -0.15) is 0 Å². The Kier molecular flexibility index (Phi) is 3.76. The fourth-order valence-corrected chi connectivity index (χ4v) is 1.34. The van der Waals surface area contributed by atoms with Crippen molar-refractivity contribution in [2.75, 3.05) is 0 Å². The Morgan fingerprint density at radius 3 is 2.00 bits per heavy atom. The van der Waals surface area contributed by atoms with E-state index in [1.807, 2.05) is 19.1 Å². The maximum Gasteiger partial charge on any atom is 0.177 e. The molecule has 0 aromatic rings. The molecule has 2 nitrogen and oxygen atoms in total. The van der Waals surface area contributed by atoms with Gasteiger partial charge in [-0.05, 0) is 39.7 Å². The van der Waals surface area contributed by atoms with Crippen LogP contribution in [0.5, 0.6) is 0 Å². The zero-order valence-electron chi connectivity index (χ0n) is 8.12. The van der Waals surface area contributed by atoms with Crippen LogP contribution >= 0.6 is 0 Å². The summed E-state index contributed by atoms with van der Waals surface area (Å²) < 4.78 is 11.2. The minimum atomic E-state index is -0.137. The van der Waals surface area contributed by atoms with Crippen LogP contribution in [0.25, 0.3) is 0 Å². The number of hydrogen-bond donors (Lipinski definition) is 0. The zero-order valence-corrected chi connectivity index (χ0v) is 8.12. The molecule has 1 fully saturated rings. The molecule has 1 saturated heterocycles. The van der Waals surface area contributed by atoms with Crippen molar-refractivity contribution >= 4 is 0 Å². The Hall–Kier alpha value is -0.340. The highest BCUT2D eigenvalue weighted by atomic mass is 16.7. The van der Waals surface area contributed by atoms with Gasteiger partial charge in [0, 0.05) is 0 Å². The van der Waals surface area contributed by atoms with Gasteiger partial charge in [0.25, 0.3) is 0 Å². The predicted octanol–water partition coefficient (Wildman–Crippen LogP) is 2.49. The smallest absolute Gasteiger partial charge is 0.177 e. The molecule has 0 aliphatic carbocycles. The lowest BCUT2D eigenvalue weighted by Gasteiger charge is -2.16. The van der Waals surface area contributed by atoms with Crippen molar-refractivity contribution in [1.82, 2.24) is 0 Å². The largest absolute Gasteiger partial charge is 0.346 e. The Balaban J connectivity index is 2.49. The summed E-state index contributed by atoms with van der Waals surface area (Å²) in [5, 5.41) is 0. The predicted molar refractivity (Wildman–Crippen MR) is 48.9 cm³/mol. The van der Waals surface area contributed by atoms with E-state index in [0.717, 1.165) is 12.8 Å². The molecular formula is C10H18O2. The fourth-order valence-electron chi connectivity index (χ4n) is 1.34. The van der Waals surface area contributed by atoms with Gasteiger partial charge >= 0.3 is 0 Å². The first-order valence-corrected chi connectivity index (χ1v) is 4.66. The van der Waals surface area contributed by atoms with Crippen LogP contribution in [0.2, 0.25) is 0 Å². The number of ether oxygens (including phenoxy) is 2. The van der Waals surface area contributed by atoms with Gasteiger partial charge in [-0.1, -0.05) is 6.08 Å². The quantitative estimate of drug-likeness (QED) is 0.563. The second-order valence-electron chi connectivity index (χ2n) is 3.36. The summed E-state index contributed by atoms with van der Waals surface area (Å²) in [6, 6.07) is 0.